The number of ether oxygens (including phenoxy) is 1. The third-order valence-electron chi connectivity index (χ3n) is 4.67. The van der Waals surface area contributed by atoms with Crippen LogP contribution in [0.5, 0.6) is 5.75 Å². The van der Waals surface area contributed by atoms with E-state index < -0.39 is 0 Å². The molecule has 0 radical (unpaired) electrons. The van der Waals surface area contributed by atoms with Crippen molar-refractivity contribution in [3.8, 4) is 5.75 Å². The van der Waals surface area contributed by atoms with Crippen molar-refractivity contribution < 1.29 is 14.4 Å². The Labute approximate surface area is 182 Å². The van der Waals surface area contributed by atoms with Crippen LogP contribution in [0.25, 0.3) is 0 Å². The van der Waals surface area contributed by atoms with Crippen molar-refractivity contribution in [2.24, 2.45) is 5.16 Å². The molecule has 1 heterocycles. The van der Waals surface area contributed by atoms with Crippen molar-refractivity contribution in [2.75, 3.05) is 13.7 Å². The number of oxime groups is 1. The Morgan fingerprint density at radius 3 is 2.57 bits per heavy atom. The molecule has 1 atom stereocenters. The number of nitrogens with one attached hydrogen (secondary N) is 1. The molecule has 0 bridgehead atoms. The van der Waals surface area contributed by atoms with Gasteiger partial charge >= 0.3 is 6.03 Å². The van der Waals surface area contributed by atoms with E-state index in [0.29, 0.717) is 24.5 Å². The Balaban J connectivity index is 1.70. The second-order valence-electron chi connectivity index (χ2n) is 8.35. The van der Waals surface area contributed by atoms with Gasteiger partial charge in [-0.2, -0.15) is 0 Å². The molecule has 0 saturated carbocycles. The topological polar surface area (TPSA) is 63.2 Å². The minimum Gasteiger partial charge on any atom is -0.497 e. The monoisotopic (exact) mass is 429 g/mol. The number of hydrogen-bond acceptors (Lipinski definition) is 4. The van der Waals surface area contributed by atoms with E-state index in [9.17, 15) is 4.79 Å². The maximum atomic E-state index is 12.9. The van der Waals surface area contributed by atoms with Crippen LogP contribution in [0.2, 0.25) is 5.02 Å². The first kappa shape index (κ1) is 22.0. The number of carbonyl (C=O) groups is 1. The Kier molecular flexibility index (Phi) is 6.87. The number of halogens is 1. The predicted octanol–water partition coefficient (Wildman–Crippen LogP) is 4.85. The van der Waals surface area contributed by atoms with Crippen molar-refractivity contribution in [1.82, 2.24) is 10.2 Å². The van der Waals surface area contributed by atoms with Crippen LogP contribution in [-0.2, 0) is 11.4 Å². The van der Waals surface area contributed by atoms with Crippen LogP contribution in [0.1, 0.15) is 38.3 Å². The molecule has 1 N–H and O–H groups in total. The summed E-state index contributed by atoms with van der Waals surface area (Å²) in [6, 6.07) is 15.1. The van der Waals surface area contributed by atoms with Crippen molar-refractivity contribution in [3.63, 3.8) is 0 Å². The molecule has 0 aromatic heterocycles. The fourth-order valence-electron chi connectivity index (χ4n) is 3.18. The second kappa shape index (κ2) is 9.39. The molecular weight excluding hydrogens is 402 g/mol. The SMILES string of the molecule is COc1ccc(C2=NO[C@@H](CN(Cc3ccccc3Cl)C(=O)NC(C)(C)C)C2)cc1. The van der Waals surface area contributed by atoms with Crippen LogP contribution in [0.3, 0.4) is 0 Å². The average Bonchev–Trinajstić information content (AvgIpc) is 3.16. The number of amides is 2. The molecule has 6 nitrogen and oxygen atoms in total. The van der Waals surface area contributed by atoms with Gasteiger partial charge in [-0.25, -0.2) is 4.79 Å². The van der Waals surface area contributed by atoms with Crippen LogP contribution in [0, 0.1) is 0 Å². The smallest absolute Gasteiger partial charge is 0.318 e. The van der Waals surface area contributed by atoms with E-state index in [1.165, 1.54) is 0 Å². The van der Waals surface area contributed by atoms with E-state index in [-0.39, 0.29) is 17.7 Å². The summed E-state index contributed by atoms with van der Waals surface area (Å²) in [5, 5.41) is 7.90. The first-order chi connectivity index (χ1) is 14.2. The molecule has 2 amide bonds. The standard InChI is InChI=1S/C23H28ClN3O3/c1-23(2,3)25-22(28)27(14-17-7-5-6-8-20(17)24)15-19-13-21(26-30-19)16-9-11-18(29-4)12-10-16/h5-12,19H,13-15H2,1-4H3,(H,25,28)/t19-/m1/s1. The molecule has 0 unspecified atom stereocenters. The van der Waals surface area contributed by atoms with E-state index in [0.717, 1.165) is 22.6 Å². The lowest BCUT2D eigenvalue weighted by molar-refractivity contribution is 0.0580. The minimum atomic E-state index is -0.350. The molecule has 1 aliphatic heterocycles. The molecule has 3 rings (SSSR count). The highest BCUT2D eigenvalue weighted by Gasteiger charge is 2.28. The second-order valence-corrected chi connectivity index (χ2v) is 8.76. The Hall–Kier alpha value is -2.73. The van der Waals surface area contributed by atoms with Crippen LogP contribution < -0.4 is 10.1 Å². The number of rotatable bonds is 6. The first-order valence-electron chi connectivity index (χ1n) is 9.93. The van der Waals surface area contributed by atoms with Crippen molar-refractivity contribution in [1.29, 1.82) is 0 Å². The molecule has 0 saturated heterocycles. The average molecular weight is 430 g/mol. The van der Waals surface area contributed by atoms with E-state index in [1.54, 1.807) is 12.0 Å². The van der Waals surface area contributed by atoms with Gasteiger partial charge in [-0.15, -0.1) is 0 Å². The highest BCUT2D eigenvalue weighted by molar-refractivity contribution is 6.31. The number of nitrogens with zero attached hydrogens (tertiary/aromatic N) is 2. The summed E-state index contributed by atoms with van der Waals surface area (Å²) in [4.78, 5) is 20.3. The summed E-state index contributed by atoms with van der Waals surface area (Å²) in [7, 11) is 1.64. The van der Waals surface area contributed by atoms with Gasteiger partial charge in [0, 0.05) is 23.5 Å². The van der Waals surface area contributed by atoms with Gasteiger partial charge in [-0.3, -0.25) is 0 Å². The Morgan fingerprint density at radius 2 is 1.93 bits per heavy atom. The molecule has 2 aromatic rings. The maximum Gasteiger partial charge on any atom is 0.318 e. The summed E-state index contributed by atoms with van der Waals surface area (Å²) >= 11 is 6.33. The zero-order valence-corrected chi connectivity index (χ0v) is 18.6. The van der Waals surface area contributed by atoms with Crippen LogP contribution in [0.4, 0.5) is 4.79 Å². The molecule has 7 heteroatoms. The van der Waals surface area contributed by atoms with Crippen LogP contribution >= 0.6 is 11.6 Å². The third-order valence-corrected chi connectivity index (χ3v) is 5.04. The van der Waals surface area contributed by atoms with Crippen LogP contribution in [-0.4, -0.2) is 41.9 Å². The number of hydrogen-bond donors (Lipinski definition) is 1. The van der Waals surface area contributed by atoms with Crippen molar-refractivity contribution in [3.05, 3.63) is 64.7 Å². The molecule has 160 valence electrons. The van der Waals surface area contributed by atoms with Gasteiger partial charge in [0.2, 0.25) is 0 Å². The zero-order valence-electron chi connectivity index (χ0n) is 17.8. The molecule has 2 aromatic carbocycles. The van der Waals surface area contributed by atoms with Gasteiger partial charge in [0.15, 0.2) is 6.10 Å². The molecule has 0 fully saturated rings. The fraction of sp³-hybridized carbons (Fsp3) is 0.391. The Morgan fingerprint density at radius 1 is 1.23 bits per heavy atom. The van der Waals surface area contributed by atoms with Gasteiger partial charge in [-0.05, 0) is 62.2 Å². The summed E-state index contributed by atoms with van der Waals surface area (Å²) in [5.41, 5.74) is 2.38. The summed E-state index contributed by atoms with van der Waals surface area (Å²) in [5.74, 6) is 0.791. The van der Waals surface area contributed by atoms with Crippen molar-refractivity contribution in [2.45, 2.75) is 45.4 Å². The number of methoxy groups -OCH3 is 1. The molecular formula is C23H28ClN3O3. The molecule has 1 aliphatic rings. The zero-order chi connectivity index (χ0) is 21.7. The van der Waals surface area contributed by atoms with Gasteiger partial charge in [-0.1, -0.05) is 35.0 Å². The Bertz CT molecular complexity index is 907. The van der Waals surface area contributed by atoms with E-state index in [1.807, 2.05) is 69.3 Å². The van der Waals surface area contributed by atoms with Gasteiger partial charge < -0.3 is 19.8 Å². The predicted molar refractivity (Wildman–Crippen MR) is 119 cm³/mol. The van der Waals surface area contributed by atoms with Crippen LogP contribution in [0.15, 0.2) is 53.7 Å². The summed E-state index contributed by atoms with van der Waals surface area (Å²) in [6.45, 7) is 6.65. The van der Waals surface area contributed by atoms with E-state index in [4.69, 9.17) is 21.2 Å². The quantitative estimate of drug-likeness (QED) is 0.713. The summed E-state index contributed by atoms with van der Waals surface area (Å²) in [6.07, 6.45) is 0.393. The minimum absolute atomic E-state index is 0.163. The largest absolute Gasteiger partial charge is 0.497 e. The highest BCUT2D eigenvalue weighted by atomic mass is 35.5. The first-order valence-corrected chi connectivity index (χ1v) is 10.3. The molecule has 0 aliphatic carbocycles. The lowest BCUT2D eigenvalue weighted by atomic mass is 10.0. The molecule has 30 heavy (non-hydrogen) atoms. The lowest BCUT2D eigenvalue weighted by Crippen LogP contribution is -2.50. The third kappa shape index (κ3) is 5.89. The van der Waals surface area contributed by atoms with E-state index in [2.05, 4.69) is 10.5 Å². The van der Waals surface area contributed by atoms with Crippen molar-refractivity contribution >= 4 is 23.3 Å². The van der Waals surface area contributed by atoms with Gasteiger partial charge in [0.05, 0.1) is 19.4 Å². The number of urea groups is 1. The normalized spacial score (nSPS) is 15.9. The lowest BCUT2D eigenvalue weighted by Gasteiger charge is -2.30. The number of benzene rings is 2. The molecule has 0 spiro atoms. The highest BCUT2D eigenvalue weighted by Crippen LogP contribution is 2.22. The summed E-state index contributed by atoms with van der Waals surface area (Å²) < 4.78 is 5.20. The van der Waals surface area contributed by atoms with Gasteiger partial charge in [0.25, 0.3) is 0 Å². The fourth-order valence-corrected chi connectivity index (χ4v) is 3.37. The van der Waals surface area contributed by atoms with E-state index >= 15 is 0 Å². The van der Waals surface area contributed by atoms with Gasteiger partial charge in [0.1, 0.15) is 5.75 Å². The number of carbonyl (C=O) groups excluding carboxylic acids is 1. The maximum absolute atomic E-state index is 12.9.